The van der Waals surface area contributed by atoms with Crippen molar-refractivity contribution in [1.29, 1.82) is 0 Å². The summed E-state index contributed by atoms with van der Waals surface area (Å²) in [7, 11) is 0. The molecule has 0 aliphatic heterocycles. The molecule has 0 aliphatic rings. The van der Waals surface area contributed by atoms with E-state index in [4.69, 9.17) is 5.11 Å². The van der Waals surface area contributed by atoms with Gasteiger partial charge in [0.1, 0.15) is 5.25 Å². The van der Waals surface area contributed by atoms with E-state index in [1.54, 1.807) is 0 Å². The number of alkyl halides is 3. The van der Waals surface area contributed by atoms with Crippen LogP contribution in [0.5, 0.6) is 0 Å². The predicted octanol–water partition coefficient (Wildman–Crippen LogP) is 4.44. The number of carbonyl (C=O) groups is 1. The lowest BCUT2D eigenvalue weighted by Gasteiger charge is -2.13. The van der Waals surface area contributed by atoms with Gasteiger partial charge in [-0.3, -0.25) is 4.79 Å². The Hall–Kier alpha value is -1.17. The normalized spacial score (nSPS) is 13.3. The summed E-state index contributed by atoms with van der Waals surface area (Å²) in [6, 6.07) is 4.77. The van der Waals surface area contributed by atoms with Crippen LogP contribution < -0.4 is 0 Å². The Kier molecular flexibility index (Phi) is 5.72. The zero-order valence-corrected chi connectivity index (χ0v) is 11.2. The molecular formula is C13H15F3O2S. The highest BCUT2D eigenvalue weighted by Crippen LogP contribution is 2.34. The average molecular weight is 292 g/mol. The van der Waals surface area contributed by atoms with Gasteiger partial charge in [0.25, 0.3) is 0 Å². The highest BCUT2D eigenvalue weighted by atomic mass is 32.2. The first-order valence-electron chi connectivity index (χ1n) is 5.91. The van der Waals surface area contributed by atoms with Crippen LogP contribution in [0.15, 0.2) is 29.2 Å². The van der Waals surface area contributed by atoms with Crippen molar-refractivity contribution in [2.24, 2.45) is 0 Å². The number of unbranched alkanes of at least 4 members (excludes halogenated alkanes) is 1. The minimum Gasteiger partial charge on any atom is -0.480 e. The maximum atomic E-state index is 12.5. The summed E-state index contributed by atoms with van der Waals surface area (Å²) in [4.78, 5) is 11.4. The molecule has 6 heteroatoms. The molecule has 0 saturated heterocycles. The average Bonchev–Trinajstić information content (AvgIpc) is 2.33. The molecule has 0 amide bonds. The molecule has 1 rings (SSSR count). The Balaban J connectivity index is 2.82. The second kappa shape index (κ2) is 6.84. The van der Waals surface area contributed by atoms with Crippen LogP contribution >= 0.6 is 11.8 Å². The van der Waals surface area contributed by atoms with Gasteiger partial charge in [0.15, 0.2) is 0 Å². The first-order valence-corrected chi connectivity index (χ1v) is 6.79. The molecule has 106 valence electrons. The number of hydrogen-bond acceptors (Lipinski definition) is 2. The van der Waals surface area contributed by atoms with E-state index in [1.807, 2.05) is 6.92 Å². The maximum Gasteiger partial charge on any atom is 0.416 e. The lowest BCUT2D eigenvalue weighted by molar-refractivity contribution is -0.138. The molecule has 0 radical (unpaired) electrons. The van der Waals surface area contributed by atoms with Crippen molar-refractivity contribution in [3.05, 3.63) is 29.8 Å². The van der Waals surface area contributed by atoms with Crippen LogP contribution in [0.4, 0.5) is 13.2 Å². The minimum atomic E-state index is -4.40. The van der Waals surface area contributed by atoms with E-state index in [-0.39, 0.29) is 0 Å². The van der Waals surface area contributed by atoms with Gasteiger partial charge in [0, 0.05) is 4.90 Å². The molecule has 1 atom stereocenters. The predicted molar refractivity (Wildman–Crippen MR) is 68.2 cm³/mol. The largest absolute Gasteiger partial charge is 0.480 e. The SMILES string of the molecule is CCCCC(Sc1cccc(C(F)(F)F)c1)C(=O)O. The van der Waals surface area contributed by atoms with Crippen LogP contribution in [0, 0.1) is 0 Å². The number of hydrogen-bond donors (Lipinski definition) is 1. The number of thioether (sulfide) groups is 1. The molecule has 0 saturated carbocycles. The standard InChI is InChI=1S/C13H15F3O2S/c1-2-3-7-11(12(17)18)19-10-6-4-5-9(8-10)13(14,15)16/h4-6,8,11H,2-3,7H2,1H3,(H,17,18). The number of benzene rings is 1. The minimum absolute atomic E-state index is 0.332. The topological polar surface area (TPSA) is 37.3 Å². The Labute approximate surface area is 114 Å². The summed E-state index contributed by atoms with van der Waals surface area (Å²) in [5.74, 6) is -0.990. The van der Waals surface area contributed by atoms with E-state index in [0.29, 0.717) is 11.3 Å². The second-order valence-electron chi connectivity index (χ2n) is 4.11. The molecule has 1 aromatic rings. The zero-order chi connectivity index (χ0) is 14.5. The van der Waals surface area contributed by atoms with Crippen LogP contribution in [0.3, 0.4) is 0 Å². The Morgan fingerprint density at radius 2 is 2.11 bits per heavy atom. The van der Waals surface area contributed by atoms with Gasteiger partial charge in [-0.2, -0.15) is 13.2 Å². The lowest BCUT2D eigenvalue weighted by atomic mass is 10.2. The third-order valence-corrected chi connectivity index (χ3v) is 3.78. The third-order valence-electron chi connectivity index (χ3n) is 2.54. The highest BCUT2D eigenvalue weighted by Gasteiger charge is 2.30. The monoisotopic (exact) mass is 292 g/mol. The molecule has 19 heavy (non-hydrogen) atoms. The van der Waals surface area contributed by atoms with E-state index in [9.17, 15) is 18.0 Å². The second-order valence-corrected chi connectivity index (χ2v) is 5.39. The summed E-state index contributed by atoms with van der Waals surface area (Å²) < 4.78 is 37.6. The van der Waals surface area contributed by atoms with Crippen LogP contribution in [0.1, 0.15) is 31.7 Å². The molecule has 0 aromatic heterocycles. The van der Waals surface area contributed by atoms with Gasteiger partial charge < -0.3 is 5.11 Å². The fraction of sp³-hybridized carbons (Fsp3) is 0.462. The third kappa shape index (κ3) is 5.14. The zero-order valence-electron chi connectivity index (χ0n) is 10.4. The molecule has 1 aromatic carbocycles. The van der Waals surface area contributed by atoms with Crippen molar-refractivity contribution >= 4 is 17.7 Å². The van der Waals surface area contributed by atoms with Gasteiger partial charge in [-0.25, -0.2) is 0 Å². The summed E-state index contributed by atoms with van der Waals surface area (Å²) in [5, 5.41) is 8.34. The van der Waals surface area contributed by atoms with Crippen molar-refractivity contribution in [2.45, 2.75) is 42.5 Å². The van der Waals surface area contributed by atoms with Crippen LogP contribution in [-0.2, 0) is 11.0 Å². The Morgan fingerprint density at radius 1 is 1.42 bits per heavy atom. The van der Waals surface area contributed by atoms with Crippen molar-refractivity contribution in [1.82, 2.24) is 0 Å². The molecule has 0 bridgehead atoms. The first kappa shape index (κ1) is 15.9. The molecule has 0 spiro atoms. The maximum absolute atomic E-state index is 12.5. The highest BCUT2D eigenvalue weighted by molar-refractivity contribution is 8.00. The van der Waals surface area contributed by atoms with E-state index in [0.717, 1.165) is 36.7 Å². The van der Waals surface area contributed by atoms with Crippen LogP contribution in [0.2, 0.25) is 0 Å². The summed E-state index contributed by atoms with van der Waals surface area (Å²) >= 11 is 0.967. The van der Waals surface area contributed by atoms with E-state index in [1.165, 1.54) is 12.1 Å². The molecule has 0 fully saturated rings. The lowest BCUT2D eigenvalue weighted by Crippen LogP contribution is -2.16. The van der Waals surface area contributed by atoms with Crippen molar-refractivity contribution in [2.75, 3.05) is 0 Å². The van der Waals surface area contributed by atoms with Gasteiger partial charge >= 0.3 is 12.1 Å². The molecule has 0 aliphatic carbocycles. The van der Waals surface area contributed by atoms with E-state index < -0.39 is 23.0 Å². The number of aliphatic carboxylic acids is 1. The summed E-state index contributed by atoms with van der Waals surface area (Å²) in [5.41, 5.74) is -0.753. The number of halogens is 3. The molecule has 1 N–H and O–H groups in total. The summed E-state index contributed by atoms with van der Waals surface area (Å²) in [6.45, 7) is 1.94. The van der Waals surface area contributed by atoms with Crippen molar-refractivity contribution in [3.63, 3.8) is 0 Å². The fourth-order valence-corrected chi connectivity index (χ4v) is 2.60. The van der Waals surface area contributed by atoms with Gasteiger partial charge in [-0.05, 0) is 24.6 Å². The Morgan fingerprint density at radius 3 is 2.63 bits per heavy atom. The number of carboxylic acids is 1. The fourth-order valence-electron chi connectivity index (χ4n) is 1.53. The molecule has 1 unspecified atom stereocenters. The van der Waals surface area contributed by atoms with Gasteiger partial charge in [-0.1, -0.05) is 25.8 Å². The van der Waals surface area contributed by atoms with Crippen molar-refractivity contribution in [3.8, 4) is 0 Å². The first-order chi connectivity index (χ1) is 8.84. The molecule has 2 nitrogen and oxygen atoms in total. The molecule has 0 heterocycles. The smallest absolute Gasteiger partial charge is 0.416 e. The summed E-state index contributed by atoms with van der Waals surface area (Å²) in [6.07, 6.45) is -2.36. The van der Waals surface area contributed by atoms with Crippen molar-refractivity contribution < 1.29 is 23.1 Å². The van der Waals surface area contributed by atoms with Crippen LogP contribution in [0.25, 0.3) is 0 Å². The van der Waals surface area contributed by atoms with Gasteiger partial charge in [0.05, 0.1) is 5.56 Å². The number of rotatable bonds is 6. The van der Waals surface area contributed by atoms with E-state index >= 15 is 0 Å². The van der Waals surface area contributed by atoms with Crippen LogP contribution in [-0.4, -0.2) is 16.3 Å². The molecular weight excluding hydrogens is 277 g/mol. The quantitative estimate of drug-likeness (QED) is 0.787. The van der Waals surface area contributed by atoms with Gasteiger partial charge in [0.2, 0.25) is 0 Å². The van der Waals surface area contributed by atoms with Gasteiger partial charge in [-0.15, -0.1) is 11.8 Å². The Bertz CT molecular complexity index is 432. The number of carboxylic acid groups (broad SMARTS) is 1. The van der Waals surface area contributed by atoms with E-state index in [2.05, 4.69) is 0 Å².